The van der Waals surface area contributed by atoms with E-state index < -0.39 is 5.82 Å². The second-order valence-electron chi connectivity index (χ2n) is 4.57. The van der Waals surface area contributed by atoms with E-state index in [1.165, 1.54) is 28.4 Å². The van der Waals surface area contributed by atoms with Crippen LogP contribution in [0.5, 0.6) is 0 Å². The Morgan fingerprint density at radius 1 is 1.43 bits per heavy atom. The molecule has 0 fully saturated rings. The van der Waals surface area contributed by atoms with Gasteiger partial charge in [-0.1, -0.05) is 17.4 Å². The molecule has 0 saturated carbocycles. The normalized spacial score (nSPS) is 10.5. The van der Waals surface area contributed by atoms with Gasteiger partial charge in [0, 0.05) is 26.3 Å². The standard InChI is InChI=1S/C14H17FN4OS/c1-4-18(2)14-17-12(16)11(21-14)13(20)19(3)10-7-5-6-9(15)8-10/h5-8H,4,16H2,1-3H3. The van der Waals surface area contributed by atoms with E-state index >= 15 is 0 Å². The molecule has 5 nitrogen and oxygen atoms in total. The van der Waals surface area contributed by atoms with E-state index in [0.717, 1.165) is 6.54 Å². The number of nitrogen functional groups attached to an aromatic ring is 1. The predicted molar refractivity (Wildman–Crippen MR) is 84.6 cm³/mol. The van der Waals surface area contributed by atoms with Crippen molar-refractivity contribution in [2.24, 2.45) is 0 Å². The predicted octanol–water partition coefficient (Wildman–Crippen LogP) is 2.60. The first-order valence-electron chi connectivity index (χ1n) is 6.45. The van der Waals surface area contributed by atoms with E-state index in [1.54, 1.807) is 19.2 Å². The van der Waals surface area contributed by atoms with Gasteiger partial charge in [0.25, 0.3) is 5.91 Å². The summed E-state index contributed by atoms with van der Waals surface area (Å²) in [5.41, 5.74) is 6.30. The number of amides is 1. The van der Waals surface area contributed by atoms with Gasteiger partial charge in [0.05, 0.1) is 0 Å². The van der Waals surface area contributed by atoms with Crippen molar-refractivity contribution in [3.8, 4) is 0 Å². The third-order valence-corrected chi connectivity index (χ3v) is 4.31. The van der Waals surface area contributed by atoms with Crippen molar-refractivity contribution in [1.29, 1.82) is 0 Å². The molecular weight excluding hydrogens is 291 g/mol. The zero-order chi connectivity index (χ0) is 15.6. The van der Waals surface area contributed by atoms with E-state index in [0.29, 0.717) is 15.7 Å². The number of anilines is 3. The Morgan fingerprint density at radius 3 is 2.76 bits per heavy atom. The minimum absolute atomic E-state index is 0.198. The minimum Gasteiger partial charge on any atom is -0.382 e. The number of carbonyl (C=O) groups excluding carboxylic acids is 1. The van der Waals surface area contributed by atoms with E-state index in [1.807, 2.05) is 18.9 Å². The Balaban J connectivity index is 2.29. The highest BCUT2D eigenvalue weighted by atomic mass is 32.1. The van der Waals surface area contributed by atoms with Gasteiger partial charge in [0.15, 0.2) is 5.13 Å². The van der Waals surface area contributed by atoms with Gasteiger partial charge in [-0.15, -0.1) is 0 Å². The van der Waals surface area contributed by atoms with Crippen molar-refractivity contribution in [2.45, 2.75) is 6.92 Å². The fourth-order valence-corrected chi connectivity index (χ4v) is 2.71. The Bertz CT molecular complexity index is 658. The zero-order valence-corrected chi connectivity index (χ0v) is 12.9. The van der Waals surface area contributed by atoms with Crippen LogP contribution in [0.15, 0.2) is 24.3 Å². The van der Waals surface area contributed by atoms with Crippen molar-refractivity contribution in [3.63, 3.8) is 0 Å². The number of benzene rings is 1. The highest BCUT2D eigenvalue weighted by Crippen LogP contribution is 2.29. The van der Waals surface area contributed by atoms with Gasteiger partial charge in [-0.25, -0.2) is 9.37 Å². The first-order valence-corrected chi connectivity index (χ1v) is 7.26. The number of rotatable bonds is 4. The molecule has 0 aliphatic heterocycles. The van der Waals surface area contributed by atoms with Crippen molar-refractivity contribution >= 4 is 33.9 Å². The third-order valence-electron chi connectivity index (χ3n) is 3.14. The summed E-state index contributed by atoms with van der Waals surface area (Å²) in [5, 5.41) is 0.686. The number of nitrogens with zero attached hydrogens (tertiary/aromatic N) is 3. The molecule has 0 saturated heterocycles. The number of carbonyl (C=O) groups is 1. The molecule has 1 aromatic heterocycles. The van der Waals surface area contributed by atoms with E-state index in [9.17, 15) is 9.18 Å². The SMILES string of the molecule is CCN(C)c1nc(N)c(C(=O)N(C)c2cccc(F)c2)s1. The topological polar surface area (TPSA) is 62.5 Å². The molecule has 2 N–H and O–H groups in total. The quantitative estimate of drug-likeness (QED) is 0.943. The molecule has 0 spiro atoms. The maximum atomic E-state index is 13.2. The molecule has 0 atom stereocenters. The molecule has 2 aromatic rings. The molecule has 0 bridgehead atoms. The van der Waals surface area contributed by atoms with Gasteiger partial charge in [-0.3, -0.25) is 4.79 Å². The molecule has 7 heteroatoms. The van der Waals surface area contributed by atoms with Gasteiger partial charge < -0.3 is 15.5 Å². The summed E-state index contributed by atoms with van der Waals surface area (Å²) in [6.07, 6.45) is 0. The molecule has 0 unspecified atom stereocenters. The Hall–Kier alpha value is -2.15. The number of aromatic nitrogens is 1. The van der Waals surface area contributed by atoms with Crippen molar-refractivity contribution in [3.05, 3.63) is 35.0 Å². The summed E-state index contributed by atoms with van der Waals surface area (Å²) in [6.45, 7) is 2.75. The van der Waals surface area contributed by atoms with Gasteiger partial charge in [-0.2, -0.15) is 0 Å². The van der Waals surface area contributed by atoms with Crippen LogP contribution in [0.25, 0.3) is 0 Å². The second-order valence-corrected chi connectivity index (χ2v) is 5.55. The van der Waals surface area contributed by atoms with Crippen LogP contribution >= 0.6 is 11.3 Å². The van der Waals surface area contributed by atoms with Crippen LogP contribution in [0, 0.1) is 5.82 Å². The van der Waals surface area contributed by atoms with Crippen LogP contribution in [0.4, 0.5) is 21.0 Å². The van der Waals surface area contributed by atoms with E-state index in [2.05, 4.69) is 4.98 Å². The summed E-state index contributed by atoms with van der Waals surface area (Å²) < 4.78 is 13.2. The first-order chi connectivity index (χ1) is 9.93. The Labute approximate surface area is 126 Å². The van der Waals surface area contributed by atoms with Gasteiger partial charge >= 0.3 is 0 Å². The molecule has 112 valence electrons. The molecular formula is C14H17FN4OS. The van der Waals surface area contributed by atoms with Crippen LogP contribution < -0.4 is 15.5 Å². The highest BCUT2D eigenvalue weighted by molar-refractivity contribution is 7.18. The van der Waals surface area contributed by atoms with E-state index in [-0.39, 0.29) is 11.7 Å². The molecule has 0 aliphatic rings. The summed E-state index contributed by atoms with van der Waals surface area (Å²) in [7, 11) is 3.46. The molecule has 1 heterocycles. The van der Waals surface area contributed by atoms with Gasteiger partial charge in [0.2, 0.25) is 0 Å². The number of halogens is 1. The highest BCUT2D eigenvalue weighted by Gasteiger charge is 2.22. The zero-order valence-electron chi connectivity index (χ0n) is 12.1. The second kappa shape index (κ2) is 6.09. The fourth-order valence-electron chi connectivity index (χ4n) is 1.73. The number of nitrogens with two attached hydrogens (primary N) is 1. The lowest BCUT2D eigenvalue weighted by molar-refractivity contribution is 0.0997. The largest absolute Gasteiger partial charge is 0.382 e. The molecule has 21 heavy (non-hydrogen) atoms. The van der Waals surface area contributed by atoms with Crippen LogP contribution in [0.2, 0.25) is 0 Å². The smallest absolute Gasteiger partial charge is 0.272 e. The molecule has 0 radical (unpaired) electrons. The van der Waals surface area contributed by atoms with Crippen LogP contribution in [0.3, 0.4) is 0 Å². The molecule has 2 rings (SSSR count). The number of hydrogen-bond donors (Lipinski definition) is 1. The third kappa shape index (κ3) is 3.13. The Kier molecular flexibility index (Phi) is 4.42. The summed E-state index contributed by atoms with van der Waals surface area (Å²) >= 11 is 1.23. The monoisotopic (exact) mass is 308 g/mol. The Morgan fingerprint density at radius 2 is 2.14 bits per heavy atom. The van der Waals surface area contributed by atoms with Crippen molar-refractivity contribution in [2.75, 3.05) is 36.2 Å². The van der Waals surface area contributed by atoms with Gasteiger partial charge in [0.1, 0.15) is 16.5 Å². The minimum atomic E-state index is -0.393. The van der Waals surface area contributed by atoms with Crippen molar-refractivity contribution < 1.29 is 9.18 Å². The summed E-state index contributed by atoms with van der Waals surface area (Å²) in [4.78, 5) is 20.3. The lowest BCUT2D eigenvalue weighted by atomic mass is 10.3. The molecule has 1 amide bonds. The number of hydrogen-bond acceptors (Lipinski definition) is 5. The van der Waals surface area contributed by atoms with Crippen LogP contribution in [-0.2, 0) is 0 Å². The lowest BCUT2D eigenvalue weighted by Gasteiger charge is -2.16. The van der Waals surface area contributed by atoms with Gasteiger partial charge in [-0.05, 0) is 25.1 Å². The average molecular weight is 308 g/mol. The maximum absolute atomic E-state index is 13.2. The maximum Gasteiger partial charge on any atom is 0.272 e. The fraction of sp³-hybridized carbons (Fsp3) is 0.286. The van der Waals surface area contributed by atoms with Crippen LogP contribution in [0.1, 0.15) is 16.6 Å². The summed E-state index contributed by atoms with van der Waals surface area (Å²) in [6, 6.07) is 5.85. The lowest BCUT2D eigenvalue weighted by Crippen LogP contribution is -2.26. The number of thiazole rings is 1. The first kappa shape index (κ1) is 15.2. The van der Waals surface area contributed by atoms with E-state index in [4.69, 9.17) is 5.73 Å². The molecule has 0 aliphatic carbocycles. The van der Waals surface area contributed by atoms with Crippen LogP contribution in [-0.4, -0.2) is 31.5 Å². The molecule has 1 aromatic carbocycles. The van der Waals surface area contributed by atoms with Crippen molar-refractivity contribution in [1.82, 2.24) is 4.98 Å². The average Bonchev–Trinajstić information content (AvgIpc) is 2.86. The summed E-state index contributed by atoms with van der Waals surface area (Å²) in [5.74, 6) is -0.495.